The zero-order valence-corrected chi connectivity index (χ0v) is 10.2. The average Bonchev–Trinajstić information content (AvgIpc) is 3.01. The summed E-state index contributed by atoms with van der Waals surface area (Å²) in [6.07, 6.45) is 2.55. The molecule has 16 heavy (non-hydrogen) atoms. The molecule has 0 bridgehead atoms. The van der Waals surface area contributed by atoms with Crippen molar-refractivity contribution in [1.29, 1.82) is 5.26 Å². The monoisotopic (exact) mass is 241 g/mol. The van der Waals surface area contributed by atoms with Crippen molar-refractivity contribution < 1.29 is 9.59 Å². The summed E-state index contributed by atoms with van der Waals surface area (Å²) in [6, 6.07) is 1.24. The smallest absolute Gasteiger partial charge is 0.246 e. The molecule has 2 atom stereocenters. The van der Waals surface area contributed by atoms with Crippen molar-refractivity contribution >= 4 is 23.6 Å². The lowest BCUT2D eigenvalue weighted by Crippen LogP contribution is -2.43. The van der Waals surface area contributed by atoms with E-state index in [4.69, 9.17) is 5.26 Å². The summed E-state index contributed by atoms with van der Waals surface area (Å²) in [7, 11) is 0. The van der Waals surface area contributed by atoms with Crippen molar-refractivity contribution in [2.45, 2.75) is 25.4 Å². The fourth-order valence-corrected chi connectivity index (χ4v) is 1.90. The summed E-state index contributed by atoms with van der Waals surface area (Å²) >= 11 is 1.63. The van der Waals surface area contributed by atoms with E-state index in [9.17, 15) is 9.59 Å². The minimum Gasteiger partial charge on any atom is -0.345 e. The van der Waals surface area contributed by atoms with E-state index >= 15 is 0 Å². The number of thioether (sulfide) groups is 1. The second kappa shape index (κ2) is 5.75. The highest BCUT2D eigenvalue weighted by atomic mass is 32.2. The Kier molecular flexibility index (Phi) is 4.62. The quantitative estimate of drug-likeness (QED) is 0.686. The van der Waals surface area contributed by atoms with Gasteiger partial charge in [0, 0.05) is 6.92 Å². The summed E-state index contributed by atoms with van der Waals surface area (Å²) in [5.41, 5.74) is 0. The summed E-state index contributed by atoms with van der Waals surface area (Å²) in [5.74, 6) is 0.451. The number of rotatable bonds is 5. The van der Waals surface area contributed by atoms with Crippen molar-refractivity contribution in [3.63, 3.8) is 0 Å². The minimum absolute atomic E-state index is 0.143. The SMILES string of the molecule is CSCCC(NC(C)=O)C(=O)N1CC1C#N. The lowest BCUT2D eigenvalue weighted by atomic mass is 10.2. The normalized spacial score (nSPS) is 19.8. The third-order valence-electron chi connectivity index (χ3n) is 2.33. The first-order valence-corrected chi connectivity index (χ1v) is 6.45. The molecule has 0 aromatic carbocycles. The predicted molar refractivity (Wildman–Crippen MR) is 61.7 cm³/mol. The molecule has 88 valence electrons. The molecule has 1 aliphatic rings. The van der Waals surface area contributed by atoms with Gasteiger partial charge in [0.1, 0.15) is 12.1 Å². The molecule has 0 spiro atoms. The number of carbonyl (C=O) groups excluding carboxylic acids is 2. The summed E-state index contributed by atoms with van der Waals surface area (Å²) in [6.45, 7) is 1.88. The third-order valence-corrected chi connectivity index (χ3v) is 2.97. The molecule has 2 amide bonds. The van der Waals surface area contributed by atoms with Gasteiger partial charge in [-0.05, 0) is 18.4 Å². The van der Waals surface area contributed by atoms with Crippen molar-refractivity contribution in [3.05, 3.63) is 0 Å². The van der Waals surface area contributed by atoms with E-state index in [1.807, 2.05) is 12.3 Å². The zero-order valence-electron chi connectivity index (χ0n) is 9.40. The van der Waals surface area contributed by atoms with E-state index in [1.165, 1.54) is 11.8 Å². The Bertz CT molecular complexity index is 327. The van der Waals surface area contributed by atoms with E-state index in [1.54, 1.807) is 11.8 Å². The maximum absolute atomic E-state index is 11.9. The molecule has 6 heteroatoms. The molecule has 2 unspecified atom stereocenters. The van der Waals surface area contributed by atoms with Crippen LogP contribution in [0.5, 0.6) is 0 Å². The van der Waals surface area contributed by atoms with Crippen LogP contribution in [0.2, 0.25) is 0 Å². The topological polar surface area (TPSA) is 73.0 Å². The molecule has 1 aliphatic heterocycles. The first-order chi connectivity index (χ1) is 7.60. The number of amides is 2. The van der Waals surface area contributed by atoms with Gasteiger partial charge >= 0.3 is 0 Å². The molecule has 1 saturated heterocycles. The van der Waals surface area contributed by atoms with Gasteiger partial charge in [-0.25, -0.2) is 0 Å². The number of hydrogen-bond acceptors (Lipinski definition) is 4. The molecule has 0 aromatic heterocycles. The van der Waals surface area contributed by atoms with Gasteiger partial charge in [0.05, 0.1) is 12.6 Å². The van der Waals surface area contributed by atoms with Crippen molar-refractivity contribution in [2.24, 2.45) is 0 Å². The highest BCUT2D eigenvalue weighted by Crippen LogP contribution is 2.18. The largest absolute Gasteiger partial charge is 0.345 e. The van der Waals surface area contributed by atoms with Gasteiger partial charge in [-0.3, -0.25) is 9.59 Å². The van der Waals surface area contributed by atoms with Gasteiger partial charge < -0.3 is 10.2 Å². The molecule has 1 heterocycles. The van der Waals surface area contributed by atoms with Crippen LogP contribution in [0, 0.1) is 11.3 Å². The average molecular weight is 241 g/mol. The maximum Gasteiger partial charge on any atom is 0.246 e. The zero-order chi connectivity index (χ0) is 12.1. The molecule has 0 saturated carbocycles. The molecular formula is C10H15N3O2S. The molecule has 1 rings (SSSR count). The molecule has 0 radical (unpaired) electrons. The Hall–Kier alpha value is -1.22. The van der Waals surface area contributed by atoms with Gasteiger partial charge in [0.2, 0.25) is 11.8 Å². The Morgan fingerprint density at radius 2 is 2.38 bits per heavy atom. The van der Waals surface area contributed by atoms with Gasteiger partial charge in [-0.15, -0.1) is 0 Å². The number of nitriles is 1. The number of carbonyl (C=O) groups is 2. The highest BCUT2D eigenvalue weighted by Gasteiger charge is 2.41. The van der Waals surface area contributed by atoms with Crippen LogP contribution >= 0.6 is 11.8 Å². The Morgan fingerprint density at radius 3 is 2.81 bits per heavy atom. The Labute approximate surface area is 99.2 Å². The van der Waals surface area contributed by atoms with Crippen molar-refractivity contribution in [3.8, 4) is 6.07 Å². The van der Waals surface area contributed by atoms with Gasteiger partial charge in [-0.2, -0.15) is 17.0 Å². The van der Waals surface area contributed by atoms with Crippen LogP contribution in [0.1, 0.15) is 13.3 Å². The van der Waals surface area contributed by atoms with E-state index in [-0.39, 0.29) is 17.9 Å². The fourth-order valence-electron chi connectivity index (χ4n) is 1.43. The van der Waals surface area contributed by atoms with Crippen molar-refractivity contribution in [1.82, 2.24) is 10.2 Å². The molecular weight excluding hydrogens is 226 g/mol. The Morgan fingerprint density at radius 1 is 1.69 bits per heavy atom. The highest BCUT2D eigenvalue weighted by molar-refractivity contribution is 7.98. The minimum atomic E-state index is -0.483. The predicted octanol–water partition coefficient (Wildman–Crippen LogP) is -0.0214. The van der Waals surface area contributed by atoms with Crippen LogP contribution in [-0.4, -0.2) is 47.4 Å². The van der Waals surface area contributed by atoms with Crippen LogP contribution in [0.15, 0.2) is 0 Å². The van der Waals surface area contributed by atoms with E-state index in [0.29, 0.717) is 13.0 Å². The van der Waals surface area contributed by atoms with E-state index in [2.05, 4.69) is 5.32 Å². The number of hydrogen-bond donors (Lipinski definition) is 1. The van der Waals surface area contributed by atoms with Crippen molar-refractivity contribution in [2.75, 3.05) is 18.6 Å². The number of nitrogens with one attached hydrogen (secondary N) is 1. The lowest BCUT2D eigenvalue weighted by Gasteiger charge is -2.16. The molecule has 0 aliphatic carbocycles. The van der Waals surface area contributed by atoms with E-state index < -0.39 is 6.04 Å². The van der Waals surface area contributed by atoms with Crippen LogP contribution in [0.4, 0.5) is 0 Å². The first-order valence-electron chi connectivity index (χ1n) is 5.06. The third kappa shape index (κ3) is 3.42. The number of nitrogens with zero attached hydrogens (tertiary/aromatic N) is 2. The summed E-state index contributed by atoms with van der Waals surface area (Å²) in [5, 5.41) is 11.3. The van der Waals surface area contributed by atoms with Crippen LogP contribution in [0.25, 0.3) is 0 Å². The van der Waals surface area contributed by atoms with Gasteiger partial charge in [-0.1, -0.05) is 0 Å². The molecule has 1 N–H and O–H groups in total. The standard InChI is InChI=1S/C10H15N3O2S/c1-7(14)12-9(3-4-16-2)10(15)13-6-8(13)5-11/h8-9H,3-4,6H2,1-2H3,(H,12,14). The maximum atomic E-state index is 11.9. The second-order valence-corrected chi connectivity index (χ2v) is 4.66. The lowest BCUT2D eigenvalue weighted by molar-refractivity contribution is -0.131. The molecule has 5 nitrogen and oxygen atoms in total. The fraction of sp³-hybridized carbons (Fsp3) is 0.700. The summed E-state index contributed by atoms with van der Waals surface area (Å²) < 4.78 is 0. The summed E-state index contributed by atoms with van der Waals surface area (Å²) in [4.78, 5) is 24.3. The van der Waals surface area contributed by atoms with E-state index in [0.717, 1.165) is 5.75 Å². The first kappa shape index (κ1) is 12.8. The molecule has 0 aromatic rings. The van der Waals surface area contributed by atoms with Gasteiger partial charge in [0.15, 0.2) is 0 Å². The van der Waals surface area contributed by atoms with Gasteiger partial charge in [0.25, 0.3) is 0 Å². The van der Waals surface area contributed by atoms with Crippen LogP contribution in [-0.2, 0) is 9.59 Å². The molecule has 1 fully saturated rings. The van der Waals surface area contributed by atoms with Crippen LogP contribution < -0.4 is 5.32 Å². The second-order valence-electron chi connectivity index (χ2n) is 3.67. The van der Waals surface area contributed by atoms with Crippen LogP contribution in [0.3, 0.4) is 0 Å². The Balaban J connectivity index is 2.51.